The number of pyridine rings is 1. The Morgan fingerprint density at radius 3 is 2.80 bits per heavy atom. The lowest BCUT2D eigenvalue weighted by molar-refractivity contribution is 0.0360. The van der Waals surface area contributed by atoms with Crippen LogP contribution in [0.2, 0.25) is 0 Å². The molecule has 2 N–H and O–H groups in total. The van der Waals surface area contributed by atoms with Gasteiger partial charge in [-0.05, 0) is 12.1 Å². The Labute approximate surface area is 118 Å². The summed E-state index contributed by atoms with van der Waals surface area (Å²) in [6.07, 6.45) is 3.63. The molecule has 0 radical (unpaired) electrons. The highest BCUT2D eigenvalue weighted by molar-refractivity contribution is 5.68. The molecule has 1 aliphatic heterocycles. The van der Waals surface area contributed by atoms with E-state index in [1.165, 1.54) is 0 Å². The summed E-state index contributed by atoms with van der Waals surface area (Å²) >= 11 is 0. The number of nitrogens with zero attached hydrogens (tertiary/aromatic N) is 4. The Hall–Kier alpha value is -1.92. The van der Waals surface area contributed by atoms with Crippen LogP contribution in [0.1, 0.15) is 0 Å². The van der Waals surface area contributed by atoms with E-state index in [1.54, 1.807) is 6.20 Å². The molecule has 0 amide bonds. The van der Waals surface area contributed by atoms with Crippen molar-refractivity contribution in [2.24, 2.45) is 0 Å². The minimum absolute atomic E-state index is 0.672. The number of morpholine rings is 1. The van der Waals surface area contributed by atoms with E-state index in [4.69, 9.17) is 10.5 Å². The highest BCUT2D eigenvalue weighted by Gasteiger charge is 2.12. The van der Waals surface area contributed by atoms with Crippen molar-refractivity contribution in [2.75, 3.05) is 38.6 Å². The maximum Gasteiger partial charge on any atom is 0.134 e. The zero-order chi connectivity index (χ0) is 13.8. The van der Waals surface area contributed by atoms with Crippen LogP contribution in [0.4, 0.5) is 5.69 Å². The fourth-order valence-corrected chi connectivity index (χ4v) is 2.32. The zero-order valence-corrected chi connectivity index (χ0v) is 11.4. The van der Waals surface area contributed by atoms with Crippen molar-refractivity contribution in [1.29, 1.82) is 0 Å². The lowest BCUT2D eigenvalue weighted by Gasteiger charge is -2.26. The number of hydrogen-bond donors (Lipinski definition) is 1. The monoisotopic (exact) mass is 273 g/mol. The molecule has 0 aromatic carbocycles. The number of nitrogen functional groups attached to an aromatic ring is 1. The second-order valence-electron chi connectivity index (χ2n) is 4.87. The number of ether oxygens (including phenoxy) is 1. The van der Waals surface area contributed by atoms with Gasteiger partial charge in [-0.3, -0.25) is 14.6 Å². The predicted octanol–water partition coefficient (Wildman–Crippen LogP) is 0.859. The van der Waals surface area contributed by atoms with Gasteiger partial charge in [-0.15, -0.1) is 0 Å². The molecule has 1 aliphatic rings. The van der Waals surface area contributed by atoms with Crippen molar-refractivity contribution in [3.05, 3.63) is 30.6 Å². The number of nitrogens with two attached hydrogens (primary N) is 1. The third kappa shape index (κ3) is 2.97. The lowest BCUT2D eigenvalue weighted by Crippen LogP contribution is -2.38. The van der Waals surface area contributed by atoms with Gasteiger partial charge in [0.25, 0.3) is 0 Å². The van der Waals surface area contributed by atoms with Crippen LogP contribution in [0.15, 0.2) is 30.6 Å². The Morgan fingerprint density at radius 1 is 1.20 bits per heavy atom. The highest BCUT2D eigenvalue weighted by atomic mass is 16.5. The average molecular weight is 273 g/mol. The number of aromatic nitrogens is 3. The van der Waals surface area contributed by atoms with Crippen molar-refractivity contribution in [2.45, 2.75) is 6.54 Å². The number of anilines is 1. The van der Waals surface area contributed by atoms with Crippen molar-refractivity contribution in [3.63, 3.8) is 0 Å². The minimum atomic E-state index is 0.672. The molecule has 2 aromatic heterocycles. The molecule has 0 unspecified atom stereocenters. The fraction of sp³-hybridized carbons (Fsp3) is 0.429. The maximum atomic E-state index is 6.03. The van der Waals surface area contributed by atoms with E-state index in [0.717, 1.165) is 50.8 Å². The van der Waals surface area contributed by atoms with Gasteiger partial charge in [0.2, 0.25) is 0 Å². The van der Waals surface area contributed by atoms with Crippen LogP contribution in [0, 0.1) is 0 Å². The largest absolute Gasteiger partial charge is 0.396 e. The van der Waals surface area contributed by atoms with Crippen LogP contribution in [-0.2, 0) is 11.3 Å². The summed E-state index contributed by atoms with van der Waals surface area (Å²) in [5.74, 6) is 0. The fourth-order valence-electron chi connectivity index (χ4n) is 2.32. The van der Waals surface area contributed by atoms with Crippen LogP contribution in [-0.4, -0.2) is 52.5 Å². The molecular formula is C14H19N5O. The topological polar surface area (TPSA) is 69.2 Å². The van der Waals surface area contributed by atoms with Gasteiger partial charge in [-0.2, -0.15) is 5.10 Å². The van der Waals surface area contributed by atoms with Crippen molar-refractivity contribution in [1.82, 2.24) is 19.7 Å². The van der Waals surface area contributed by atoms with E-state index in [1.807, 2.05) is 29.1 Å². The SMILES string of the molecule is Nc1cn(CCN2CCOCC2)nc1-c1ccccn1. The second-order valence-corrected chi connectivity index (χ2v) is 4.87. The van der Waals surface area contributed by atoms with Gasteiger partial charge >= 0.3 is 0 Å². The number of rotatable bonds is 4. The first-order valence-corrected chi connectivity index (χ1v) is 6.87. The molecule has 0 aliphatic carbocycles. The summed E-state index contributed by atoms with van der Waals surface area (Å²) < 4.78 is 7.24. The molecule has 3 heterocycles. The molecule has 6 nitrogen and oxygen atoms in total. The van der Waals surface area contributed by atoms with E-state index in [0.29, 0.717) is 5.69 Å². The first-order chi connectivity index (χ1) is 9.83. The minimum Gasteiger partial charge on any atom is -0.396 e. The third-order valence-electron chi connectivity index (χ3n) is 3.45. The van der Waals surface area contributed by atoms with E-state index >= 15 is 0 Å². The van der Waals surface area contributed by atoms with Crippen molar-refractivity contribution in [3.8, 4) is 11.4 Å². The molecule has 1 saturated heterocycles. The molecule has 3 rings (SSSR count). The molecule has 1 fully saturated rings. The Kier molecular flexibility index (Phi) is 3.94. The lowest BCUT2D eigenvalue weighted by atomic mass is 10.2. The van der Waals surface area contributed by atoms with Crippen LogP contribution in [0.5, 0.6) is 0 Å². The summed E-state index contributed by atoms with van der Waals surface area (Å²) in [5.41, 5.74) is 8.27. The van der Waals surface area contributed by atoms with Crippen LogP contribution >= 0.6 is 0 Å². The zero-order valence-electron chi connectivity index (χ0n) is 11.4. The Morgan fingerprint density at radius 2 is 2.05 bits per heavy atom. The Bertz CT molecular complexity index is 548. The van der Waals surface area contributed by atoms with Gasteiger partial charge in [0, 0.05) is 32.0 Å². The molecule has 0 saturated carbocycles. The molecule has 20 heavy (non-hydrogen) atoms. The highest BCUT2D eigenvalue weighted by Crippen LogP contribution is 2.21. The second kappa shape index (κ2) is 6.02. The van der Waals surface area contributed by atoms with Gasteiger partial charge in [0.05, 0.1) is 31.1 Å². The van der Waals surface area contributed by atoms with E-state index in [2.05, 4.69) is 15.0 Å². The first kappa shape index (κ1) is 13.1. The van der Waals surface area contributed by atoms with Gasteiger partial charge in [0.15, 0.2) is 0 Å². The molecule has 2 aromatic rings. The summed E-state index contributed by atoms with van der Waals surface area (Å²) in [5, 5.41) is 4.54. The van der Waals surface area contributed by atoms with Crippen LogP contribution in [0.3, 0.4) is 0 Å². The first-order valence-electron chi connectivity index (χ1n) is 6.87. The molecular weight excluding hydrogens is 254 g/mol. The van der Waals surface area contributed by atoms with Crippen LogP contribution < -0.4 is 5.73 Å². The quantitative estimate of drug-likeness (QED) is 0.894. The number of hydrogen-bond acceptors (Lipinski definition) is 5. The molecule has 106 valence electrons. The summed E-state index contributed by atoms with van der Waals surface area (Å²) in [6.45, 7) is 5.41. The van der Waals surface area contributed by atoms with Gasteiger partial charge in [-0.1, -0.05) is 6.07 Å². The van der Waals surface area contributed by atoms with Gasteiger partial charge in [0.1, 0.15) is 5.69 Å². The van der Waals surface area contributed by atoms with E-state index in [9.17, 15) is 0 Å². The molecule has 0 bridgehead atoms. The summed E-state index contributed by atoms with van der Waals surface area (Å²) in [6, 6.07) is 5.74. The molecule has 0 spiro atoms. The van der Waals surface area contributed by atoms with E-state index in [-0.39, 0.29) is 0 Å². The summed E-state index contributed by atoms with van der Waals surface area (Å²) in [4.78, 5) is 6.67. The predicted molar refractivity (Wildman–Crippen MR) is 77.1 cm³/mol. The maximum absolute atomic E-state index is 6.03. The molecule has 6 heteroatoms. The van der Waals surface area contributed by atoms with Crippen molar-refractivity contribution < 1.29 is 4.74 Å². The van der Waals surface area contributed by atoms with Crippen LogP contribution in [0.25, 0.3) is 11.4 Å². The molecule has 0 atom stereocenters. The van der Waals surface area contributed by atoms with Gasteiger partial charge < -0.3 is 10.5 Å². The standard InChI is InChI=1S/C14H19N5O/c15-12-11-19(6-5-18-7-9-20-10-8-18)17-14(12)13-3-1-2-4-16-13/h1-4,11H,5-10,15H2. The summed E-state index contributed by atoms with van der Waals surface area (Å²) in [7, 11) is 0. The van der Waals surface area contributed by atoms with Gasteiger partial charge in [-0.25, -0.2) is 0 Å². The van der Waals surface area contributed by atoms with E-state index < -0.39 is 0 Å². The Balaban J connectivity index is 1.66. The normalized spacial score (nSPS) is 16.4. The third-order valence-corrected chi connectivity index (χ3v) is 3.45. The smallest absolute Gasteiger partial charge is 0.134 e. The average Bonchev–Trinajstić information content (AvgIpc) is 2.88. The van der Waals surface area contributed by atoms with Crippen molar-refractivity contribution >= 4 is 5.69 Å².